The third kappa shape index (κ3) is 4.62. The number of benzene rings is 2. The number of aromatic amines is 1. The first-order chi connectivity index (χ1) is 16.9. The Hall–Kier alpha value is -4.12. The Bertz CT molecular complexity index is 1390. The van der Waals surface area contributed by atoms with Gasteiger partial charge < -0.3 is 19.3 Å². The molecule has 4 aromatic rings. The number of carbonyl (C=O) groups is 1. The first kappa shape index (κ1) is 22.7. The van der Waals surface area contributed by atoms with E-state index in [1.54, 1.807) is 20.3 Å². The standard InChI is InChI=1S/C24H24FN7O3/c1-14-13-34-9-8-32(14)23-27-21(15-4-5-17-12-26-30-19(17)11-15)28-24(29-23)35-20-7-6-16(10-18(20)25)22(33)31(2)3/h4-7,10-12,14H,8-9,13H2,1-3H3,(H,26,30)/t14-/m0/s1. The predicted molar refractivity (Wildman–Crippen MR) is 127 cm³/mol. The van der Waals surface area contributed by atoms with E-state index in [0.717, 1.165) is 22.5 Å². The zero-order valence-electron chi connectivity index (χ0n) is 19.5. The molecule has 1 atom stereocenters. The van der Waals surface area contributed by atoms with Gasteiger partial charge in [-0.1, -0.05) is 12.1 Å². The number of aromatic nitrogens is 5. The molecule has 0 bridgehead atoms. The fourth-order valence-electron chi connectivity index (χ4n) is 3.82. The van der Waals surface area contributed by atoms with E-state index in [-0.39, 0.29) is 29.3 Å². The van der Waals surface area contributed by atoms with Crippen LogP contribution < -0.4 is 9.64 Å². The summed E-state index contributed by atoms with van der Waals surface area (Å²) in [4.78, 5) is 29.1. The summed E-state index contributed by atoms with van der Waals surface area (Å²) < 4.78 is 26.1. The Morgan fingerprint density at radius 2 is 2.06 bits per heavy atom. The second-order valence-electron chi connectivity index (χ2n) is 8.48. The summed E-state index contributed by atoms with van der Waals surface area (Å²) in [5.41, 5.74) is 1.77. The smallest absolute Gasteiger partial charge is 0.327 e. The van der Waals surface area contributed by atoms with Crippen LogP contribution in [0.15, 0.2) is 42.6 Å². The average molecular weight is 478 g/mol. The minimum atomic E-state index is -0.695. The molecule has 180 valence electrons. The van der Waals surface area contributed by atoms with Crippen LogP contribution in [0.4, 0.5) is 10.3 Å². The summed E-state index contributed by atoms with van der Waals surface area (Å²) in [6, 6.07) is 9.69. The molecule has 2 aromatic heterocycles. The molecule has 0 aliphatic carbocycles. The van der Waals surface area contributed by atoms with E-state index in [4.69, 9.17) is 9.47 Å². The summed E-state index contributed by atoms with van der Waals surface area (Å²) in [6.07, 6.45) is 1.73. The largest absolute Gasteiger partial charge is 0.421 e. The van der Waals surface area contributed by atoms with Crippen molar-refractivity contribution >= 4 is 22.8 Å². The van der Waals surface area contributed by atoms with Crippen molar-refractivity contribution in [3.63, 3.8) is 0 Å². The van der Waals surface area contributed by atoms with Crippen LogP contribution in [0.2, 0.25) is 0 Å². The van der Waals surface area contributed by atoms with E-state index in [0.29, 0.717) is 31.5 Å². The van der Waals surface area contributed by atoms with E-state index in [9.17, 15) is 9.18 Å². The van der Waals surface area contributed by atoms with Crippen molar-refractivity contribution in [2.45, 2.75) is 13.0 Å². The van der Waals surface area contributed by atoms with Crippen LogP contribution in [0.1, 0.15) is 17.3 Å². The molecule has 3 heterocycles. The summed E-state index contributed by atoms with van der Waals surface area (Å²) in [6.45, 7) is 3.68. The highest BCUT2D eigenvalue weighted by Gasteiger charge is 2.24. The topological polar surface area (TPSA) is 109 Å². The second kappa shape index (κ2) is 9.26. The Labute approximate surface area is 200 Å². The number of anilines is 1. The van der Waals surface area contributed by atoms with Crippen molar-refractivity contribution in [2.24, 2.45) is 0 Å². The Kier molecular flexibility index (Phi) is 6.00. The summed E-state index contributed by atoms with van der Waals surface area (Å²) in [5.74, 6) is -0.316. The molecule has 1 aliphatic heterocycles. The molecule has 0 saturated carbocycles. The summed E-state index contributed by atoms with van der Waals surface area (Å²) in [7, 11) is 3.21. The van der Waals surface area contributed by atoms with Crippen molar-refractivity contribution in [2.75, 3.05) is 38.8 Å². The molecule has 1 fully saturated rings. The van der Waals surface area contributed by atoms with Gasteiger partial charge in [0.1, 0.15) is 0 Å². The van der Waals surface area contributed by atoms with Crippen LogP contribution in [0.5, 0.6) is 11.8 Å². The number of halogens is 1. The molecule has 11 heteroatoms. The lowest BCUT2D eigenvalue weighted by Gasteiger charge is -2.33. The van der Waals surface area contributed by atoms with Crippen molar-refractivity contribution in [1.82, 2.24) is 30.0 Å². The number of amides is 1. The number of morpholine rings is 1. The molecule has 10 nitrogen and oxygen atoms in total. The molecule has 1 amide bonds. The maximum atomic E-state index is 14.8. The van der Waals surface area contributed by atoms with E-state index < -0.39 is 5.82 Å². The lowest BCUT2D eigenvalue weighted by atomic mass is 10.1. The molecule has 0 spiro atoms. The molecular weight excluding hydrogens is 453 g/mol. The van der Waals surface area contributed by atoms with Gasteiger partial charge >= 0.3 is 6.01 Å². The highest BCUT2D eigenvalue weighted by atomic mass is 19.1. The lowest BCUT2D eigenvalue weighted by Crippen LogP contribution is -2.44. The molecule has 2 aromatic carbocycles. The number of hydrogen-bond acceptors (Lipinski definition) is 8. The second-order valence-corrected chi connectivity index (χ2v) is 8.48. The maximum Gasteiger partial charge on any atom is 0.327 e. The fourth-order valence-corrected chi connectivity index (χ4v) is 3.82. The summed E-state index contributed by atoms with van der Waals surface area (Å²) >= 11 is 0. The molecule has 1 aliphatic rings. The van der Waals surface area contributed by atoms with Crippen LogP contribution in [-0.2, 0) is 4.74 Å². The monoisotopic (exact) mass is 477 g/mol. The van der Waals surface area contributed by atoms with Gasteiger partial charge in [-0.15, -0.1) is 0 Å². The Balaban J connectivity index is 1.54. The minimum absolute atomic E-state index is 0.0370. The number of nitrogens with zero attached hydrogens (tertiary/aromatic N) is 6. The zero-order chi connectivity index (χ0) is 24.5. The quantitative estimate of drug-likeness (QED) is 0.467. The van der Waals surface area contributed by atoms with Crippen molar-refractivity contribution in [3.05, 3.63) is 54.0 Å². The van der Waals surface area contributed by atoms with Gasteiger partial charge in [-0.3, -0.25) is 9.89 Å². The Morgan fingerprint density at radius 1 is 1.20 bits per heavy atom. The Morgan fingerprint density at radius 3 is 2.83 bits per heavy atom. The molecule has 1 saturated heterocycles. The highest BCUT2D eigenvalue weighted by molar-refractivity contribution is 5.94. The summed E-state index contributed by atoms with van der Waals surface area (Å²) in [5, 5.41) is 7.95. The number of carbonyl (C=O) groups excluding carboxylic acids is 1. The third-order valence-corrected chi connectivity index (χ3v) is 5.71. The first-order valence-corrected chi connectivity index (χ1v) is 11.1. The van der Waals surface area contributed by atoms with Gasteiger partial charge in [-0.05, 0) is 31.2 Å². The predicted octanol–water partition coefficient (Wildman–Crippen LogP) is 3.27. The third-order valence-electron chi connectivity index (χ3n) is 5.71. The number of H-pyrrole nitrogens is 1. The van der Waals surface area contributed by atoms with Gasteiger partial charge in [0.15, 0.2) is 17.4 Å². The van der Waals surface area contributed by atoms with Crippen molar-refractivity contribution < 1.29 is 18.7 Å². The number of ether oxygens (including phenoxy) is 2. The van der Waals surface area contributed by atoms with Gasteiger partial charge in [-0.25, -0.2) is 4.39 Å². The normalized spacial score (nSPS) is 15.9. The molecule has 5 rings (SSSR count). The van der Waals surface area contributed by atoms with E-state index in [1.165, 1.54) is 17.0 Å². The van der Waals surface area contributed by atoms with Gasteiger partial charge in [0.25, 0.3) is 5.91 Å². The SMILES string of the molecule is C[C@H]1COCCN1c1nc(Oc2ccc(C(=O)N(C)C)cc2F)nc(-c2ccc3cn[nH]c3c2)n1. The lowest BCUT2D eigenvalue weighted by molar-refractivity contribution is 0.0827. The van der Waals surface area contributed by atoms with Crippen LogP contribution in [0.25, 0.3) is 22.3 Å². The van der Waals surface area contributed by atoms with Crippen LogP contribution in [-0.4, -0.2) is 75.9 Å². The van der Waals surface area contributed by atoms with Gasteiger partial charge in [0.05, 0.1) is 31.0 Å². The van der Waals surface area contributed by atoms with Crippen molar-refractivity contribution in [3.8, 4) is 23.1 Å². The molecule has 35 heavy (non-hydrogen) atoms. The van der Waals surface area contributed by atoms with Crippen LogP contribution in [0.3, 0.4) is 0 Å². The number of nitrogens with one attached hydrogen (secondary N) is 1. The van der Waals surface area contributed by atoms with Gasteiger partial charge in [-0.2, -0.15) is 20.1 Å². The minimum Gasteiger partial charge on any atom is -0.421 e. The van der Waals surface area contributed by atoms with Gasteiger partial charge in [0, 0.05) is 37.2 Å². The van der Waals surface area contributed by atoms with Crippen LogP contribution >= 0.6 is 0 Å². The molecule has 0 unspecified atom stereocenters. The number of rotatable bonds is 5. The average Bonchev–Trinajstić information content (AvgIpc) is 3.33. The number of fused-ring (bicyclic) bond motifs is 1. The van der Waals surface area contributed by atoms with Crippen molar-refractivity contribution in [1.29, 1.82) is 0 Å². The van der Waals surface area contributed by atoms with E-state index in [2.05, 4.69) is 25.1 Å². The first-order valence-electron chi connectivity index (χ1n) is 11.1. The number of hydrogen-bond donors (Lipinski definition) is 1. The molecule has 0 radical (unpaired) electrons. The fraction of sp³-hybridized carbons (Fsp3) is 0.292. The maximum absolute atomic E-state index is 14.8. The highest BCUT2D eigenvalue weighted by Crippen LogP contribution is 2.28. The van der Waals surface area contributed by atoms with E-state index >= 15 is 0 Å². The molecule has 1 N–H and O–H groups in total. The van der Waals surface area contributed by atoms with E-state index in [1.807, 2.05) is 30.0 Å². The molecular formula is C24H24FN7O3. The van der Waals surface area contributed by atoms with Crippen LogP contribution in [0, 0.1) is 5.82 Å². The zero-order valence-corrected chi connectivity index (χ0v) is 19.5. The van der Waals surface area contributed by atoms with Gasteiger partial charge in [0.2, 0.25) is 5.95 Å².